The Bertz CT molecular complexity index is 435. The third-order valence-electron chi connectivity index (χ3n) is 4.10. The summed E-state index contributed by atoms with van der Waals surface area (Å²) >= 11 is 5.86. The third kappa shape index (κ3) is 5.24. The fourth-order valence-corrected chi connectivity index (χ4v) is 3.15. The summed E-state index contributed by atoms with van der Waals surface area (Å²) in [6.45, 7) is 3.86. The molecular formula is C17H25ClFNO. The molecule has 1 aliphatic heterocycles. The second kappa shape index (κ2) is 8.72. The predicted octanol–water partition coefficient (Wildman–Crippen LogP) is 4.35. The fraction of sp³-hybridized carbons (Fsp3) is 0.647. The Kier molecular flexibility index (Phi) is 6.94. The zero-order valence-corrected chi connectivity index (χ0v) is 13.5. The number of likely N-dealkylation sites (N-methyl/N-ethyl adjacent to an activating group) is 1. The van der Waals surface area contributed by atoms with E-state index in [1.54, 1.807) is 6.07 Å². The second-order valence-electron chi connectivity index (χ2n) is 5.74. The molecule has 2 atom stereocenters. The van der Waals surface area contributed by atoms with Crippen LogP contribution < -0.4 is 5.32 Å². The van der Waals surface area contributed by atoms with Gasteiger partial charge in [-0.25, -0.2) is 4.39 Å². The molecule has 118 valence electrons. The lowest BCUT2D eigenvalue weighted by molar-refractivity contribution is 0.00860. The predicted molar refractivity (Wildman–Crippen MR) is 85.4 cm³/mol. The van der Waals surface area contributed by atoms with E-state index in [2.05, 4.69) is 12.2 Å². The maximum atomic E-state index is 14.0. The minimum Gasteiger partial charge on any atom is -0.378 e. The molecule has 1 N–H and O–H groups in total. The number of hydrogen-bond donors (Lipinski definition) is 1. The summed E-state index contributed by atoms with van der Waals surface area (Å²) in [5.74, 6) is -0.281. The van der Waals surface area contributed by atoms with E-state index in [0.29, 0.717) is 18.1 Å². The van der Waals surface area contributed by atoms with Crippen LogP contribution in [0.5, 0.6) is 0 Å². The molecule has 2 nitrogen and oxygen atoms in total. The van der Waals surface area contributed by atoms with E-state index in [4.69, 9.17) is 16.3 Å². The van der Waals surface area contributed by atoms with Crippen LogP contribution in [0.2, 0.25) is 5.02 Å². The monoisotopic (exact) mass is 313 g/mol. The molecule has 0 spiro atoms. The molecule has 0 aromatic heterocycles. The Morgan fingerprint density at radius 2 is 2.29 bits per heavy atom. The fourth-order valence-electron chi connectivity index (χ4n) is 2.96. The molecule has 2 rings (SSSR count). The Labute approximate surface area is 132 Å². The van der Waals surface area contributed by atoms with Crippen molar-refractivity contribution in [2.75, 3.05) is 13.2 Å². The van der Waals surface area contributed by atoms with Gasteiger partial charge in [0.15, 0.2) is 0 Å². The van der Waals surface area contributed by atoms with Crippen molar-refractivity contribution in [1.82, 2.24) is 5.32 Å². The standard InChI is InChI=1S/C17H25ClFNO/c1-2-20-14(9-10-15-7-3-4-11-21-15)12-13-6-5-8-16(18)17(13)19/h5-6,8,14-15,20H,2-4,7,9-12H2,1H3. The molecule has 4 heteroatoms. The van der Waals surface area contributed by atoms with Gasteiger partial charge in [0, 0.05) is 12.6 Å². The van der Waals surface area contributed by atoms with Crippen molar-refractivity contribution >= 4 is 11.6 Å². The van der Waals surface area contributed by atoms with Gasteiger partial charge >= 0.3 is 0 Å². The summed E-state index contributed by atoms with van der Waals surface area (Å²) in [5, 5.41) is 3.66. The molecule has 0 bridgehead atoms. The van der Waals surface area contributed by atoms with Crippen molar-refractivity contribution in [2.45, 2.75) is 57.6 Å². The van der Waals surface area contributed by atoms with Crippen LogP contribution in [-0.4, -0.2) is 25.3 Å². The van der Waals surface area contributed by atoms with Crippen LogP contribution in [0.25, 0.3) is 0 Å². The average Bonchev–Trinajstić information content (AvgIpc) is 2.50. The van der Waals surface area contributed by atoms with Crippen LogP contribution in [-0.2, 0) is 11.2 Å². The molecule has 2 unspecified atom stereocenters. The first-order chi connectivity index (χ1) is 10.2. The quantitative estimate of drug-likeness (QED) is 0.808. The van der Waals surface area contributed by atoms with Crippen molar-refractivity contribution in [3.8, 4) is 0 Å². The first-order valence-electron chi connectivity index (χ1n) is 7.98. The molecule has 1 aromatic carbocycles. The van der Waals surface area contributed by atoms with Gasteiger partial charge < -0.3 is 10.1 Å². The van der Waals surface area contributed by atoms with Crippen LogP contribution >= 0.6 is 11.6 Å². The highest BCUT2D eigenvalue weighted by Crippen LogP contribution is 2.22. The summed E-state index contributed by atoms with van der Waals surface area (Å²) < 4.78 is 19.8. The van der Waals surface area contributed by atoms with Crippen molar-refractivity contribution < 1.29 is 9.13 Å². The lowest BCUT2D eigenvalue weighted by atomic mass is 9.97. The number of hydrogen-bond acceptors (Lipinski definition) is 2. The Hall–Kier alpha value is -0.640. The van der Waals surface area contributed by atoms with E-state index in [-0.39, 0.29) is 16.9 Å². The minimum atomic E-state index is -0.281. The second-order valence-corrected chi connectivity index (χ2v) is 6.14. The van der Waals surface area contributed by atoms with Crippen LogP contribution in [0.1, 0.15) is 44.6 Å². The van der Waals surface area contributed by atoms with E-state index in [1.165, 1.54) is 12.8 Å². The molecular weight excluding hydrogens is 289 g/mol. The Balaban J connectivity index is 1.90. The normalized spacial score (nSPS) is 20.4. The highest BCUT2D eigenvalue weighted by Gasteiger charge is 2.18. The highest BCUT2D eigenvalue weighted by atomic mass is 35.5. The first kappa shape index (κ1) is 16.7. The van der Waals surface area contributed by atoms with Gasteiger partial charge in [-0.2, -0.15) is 0 Å². The molecule has 1 fully saturated rings. The number of halogens is 2. The molecule has 21 heavy (non-hydrogen) atoms. The van der Waals surface area contributed by atoms with Crippen LogP contribution in [0.15, 0.2) is 18.2 Å². The van der Waals surface area contributed by atoms with Crippen LogP contribution in [0.4, 0.5) is 4.39 Å². The zero-order valence-electron chi connectivity index (χ0n) is 12.7. The summed E-state index contributed by atoms with van der Waals surface area (Å²) in [6, 6.07) is 5.50. The van der Waals surface area contributed by atoms with E-state index in [9.17, 15) is 4.39 Å². The maximum absolute atomic E-state index is 14.0. The van der Waals surface area contributed by atoms with Gasteiger partial charge in [-0.3, -0.25) is 0 Å². The number of rotatable bonds is 7. The summed E-state index contributed by atoms with van der Waals surface area (Å²) in [4.78, 5) is 0. The minimum absolute atomic E-state index is 0.207. The summed E-state index contributed by atoms with van der Waals surface area (Å²) in [5.41, 5.74) is 0.693. The smallest absolute Gasteiger partial charge is 0.145 e. The van der Waals surface area contributed by atoms with Crippen molar-refractivity contribution in [2.24, 2.45) is 0 Å². The van der Waals surface area contributed by atoms with Gasteiger partial charge in [0.2, 0.25) is 0 Å². The van der Waals surface area contributed by atoms with Gasteiger partial charge in [-0.15, -0.1) is 0 Å². The Morgan fingerprint density at radius 3 is 3.00 bits per heavy atom. The van der Waals surface area contributed by atoms with Crippen molar-refractivity contribution in [3.63, 3.8) is 0 Å². The summed E-state index contributed by atoms with van der Waals surface area (Å²) in [7, 11) is 0. The maximum Gasteiger partial charge on any atom is 0.145 e. The van der Waals surface area contributed by atoms with Crippen molar-refractivity contribution in [1.29, 1.82) is 0 Å². The van der Waals surface area contributed by atoms with Crippen LogP contribution in [0, 0.1) is 5.82 Å². The Morgan fingerprint density at radius 1 is 1.43 bits per heavy atom. The number of benzene rings is 1. The van der Waals surface area contributed by atoms with Gasteiger partial charge in [0.05, 0.1) is 11.1 Å². The van der Waals surface area contributed by atoms with E-state index < -0.39 is 0 Å². The largest absolute Gasteiger partial charge is 0.378 e. The lowest BCUT2D eigenvalue weighted by Gasteiger charge is -2.25. The molecule has 1 heterocycles. The van der Waals surface area contributed by atoms with Crippen molar-refractivity contribution in [3.05, 3.63) is 34.6 Å². The van der Waals surface area contributed by atoms with Gasteiger partial charge in [0.25, 0.3) is 0 Å². The molecule has 1 aliphatic rings. The molecule has 1 aromatic rings. The highest BCUT2D eigenvalue weighted by molar-refractivity contribution is 6.30. The van der Waals surface area contributed by atoms with E-state index >= 15 is 0 Å². The third-order valence-corrected chi connectivity index (χ3v) is 4.39. The van der Waals surface area contributed by atoms with Gasteiger partial charge in [-0.05, 0) is 56.7 Å². The zero-order chi connectivity index (χ0) is 15.1. The molecule has 0 aliphatic carbocycles. The lowest BCUT2D eigenvalue weighted by Crippen LogP contribution is -2.33. The van der Waals surface area contributed by atoms with Crippen LogP contribution in [0.3, 0.4) is 0 Å². The first-order valence-corrected chi connectivity index (χ1v) is 8.36. The molecule has 0 amide bonds. The average molecular weight is 314 g/mol. The summed E-state index contributed by atoms with van der Waals surface area (Å²) in [6.07, 6.45) is 6.70. The molecule has 1 saturated heterocycles. The number of ether oxygens (including phenoxy) is 1. The molecule has 0 radical (unpaired) electrons. The SMILES string of the molecule is CCNC(CCC1CCCCO1)Cc1cccc(Cl)c1F. The topological polar surface area (TPSA) is 21.3 Å². The van der Waals surface area contributed by atoms with Gasteiger partial charge in [0.1, 0.15) is 5.82 Å². The van der Waals surface area contributed by atoms with E-state index in [0.717, 1.165) is 32.4 Å². The molecule has 0 saturated carbocycles. The number of nitrogens with one attached hydrogen (secondary N) is 1. The van der Waals surface area contributed by atoms with E-state index in [1.807, 2.05) is 12.1 Å². The van der Waals surface area contributed by atoms with Gasteiger partial charge in [-0.1, -0.05) is 30.7 Å².